The van der Waals surface area contributed by atoms with Crippen LogP contribution in [0.4, 0.5) is 18.9 Å². The number of amides is 1. The molecule has 0 aliphatic heterocycles. The van der Waals surface area contributed by atoms with Crippen molar-refractivity contribution in [1.82, 2.24) is 0 Å². The Morgan fingerprint density at radius 3 is 2.42 bits per heavy atom. The fourth-order valence-electron chi connectivity index (χ4n) is 2.40. The number of alkyl halides is 3. The zero-order valence-corrected chi connectivity index (χ0v) is 14.6. The molecule has 0 saturated carbocycles. The quantitative estimate of drug-likeness (QED) is 0.590. The highest BCUT2D eigenvalue weighted by molar-refractivity contribution is 6.04. The van der Waals surface area contributed by atoms with Gasteiger partial charge in [-0.3, -0.25) is 4.79 Å². The highest BCUT2D eigenvalue weighted by Crippen LogP contribution is 2.30. The summed E-state index contributed by atoms with van der Waals surface area (Å²) in [6.45, 7) is 2.76. The van der Waals surface area contributed by atoms with Crippen molar-refractivity contribution in [2.75, 3.05) is 11.9 Å². The zero-order valence-electron chi connectivity index (χ0n) is 14.6. The number of halogens is 3. The average molecular weight is 365 g/mol. The highest BCUT2D eigenvalue weighted by Gasteiger charge is 2.30. The molecule has 2 rings (SSSR count). The number of anilines is 1. The Balaban J connectivity index is 1.92. The first kappa shape index (κ1) is 19.8. The van der Waals surface area contributed by atoms with Crippen molar-refractivity contribution in [2.45, 2.75) is 38.8 Å². The van der Waals surface area contributed by atoms with E-state index in [1.54, 1.807) is 24.3 Å². The molecule has 6 heteroatoms. The molecule has 0 spiro atoms. The highest BCUT2D eigenvalue weighted by atomic mass is 19.4. The number of unbranched alkanes of at least 4 members (excludes halogenated alkanes) is 3. The monoisotopic (exact) mass is 365 g/mol. The number of ether oxygens (including phenoxy) is 1. The summed E-state index contributed by atoms with van der Waals surface area (Å²) in [5, 5.41) is 2.48. The lowest BCUT2D eigenvalue weighted by Crippen LogP contribution is -2.13. The van der Waals surface area contributed by atoms with Crippen LogP contribution in [0.25, 0.3) is 0 Å². The Labute approximate surface area is 151 Å². The maximum absolute atomic E-state index is 12.7. The van der Waals surface area contributed by atoms with Crippen molar-refractivity contribution in [3.05, 3.63) is 59.7 Å². The Hall–Kier alpha value is -2.50. The van der Waals surface area contributed by atoms with Crippen molar-refractivity contribution < 1.29 is 22.7 Å². The van der Waals surface area contributed by atoms with Crippen molar-refractivity contribution in [2.24, 2.45) is 0 Å². The summed E-state index contributed by atoms with van der Waals surface area (Å²) in [6, 6.07) is 11.1. The summed E-state index contributed by atoms with van der Waals surface area (Å²) in [5.41, 5.74) is -0.357. The van der Waals surface area contributed by atoms with Gasteiger partial charge in [-0.05, 0) is 48.9 Å². The van der Waals surface area contributed by atoms with E-state index in [0.717, 1.165) is 31.4 Å². The predicted octanol–water partition coefficient (Wildman–Crippen LogP) is 5.92. The van der Waals surface area contributed by atoms with E-state index in [0.29, 0.717) is 17.9 Å². The molecule has 2 aromatic carbocycles. The van der Waals surface area contributed by atoms with E-state index < -0.39 is 17.6 Å². The van der Waals surface area contributed by atoms with Gasteiger partial charge in [0, 0.05) is 11.3 Å². The van der Waals surface area contributed by atoms with Crippen LogP contribution in [0.5, 0.6) is 5.75 Å². The smallest absolute Gasteiger partial charge is 0.416 e. The summed E-state index contributed by atoms with van der Waals surface area (Å²) < 4.78 is 43.8. The molecule has 0 aliphatic carbocycles. The van der Waals surface area contributed by atoms with Gasteiger partial charge in [0.15, 0.2) is 0 Å². The molecule has 2 aromatic rings. The van der Waals surface area contributed by atoms with Crippen molar-refractivity contribution in [3.63, 3.8) is 0 Å². The van der Waals surface area contributed by atoms with Crippen LogP contribution < -0.4 is 10.1 Å². The summed E-state index contributed by atoms with van der Waals surface area (Å²) in [5.74, 6) is 0.191. The van der Waals surface area contributed by atoms with Crippen LogP contribution in [0, 0.1) is 0 Å². The van der Waals surface area contributed by atoms with Crippen LogP contribution in [0.15, 0.2) is 48.5 Å². The van der Waals surface area contributed by atoms with Crippen LogP contribution in [0.1, 0.15) is 48.5 Å². The Morgan fingerprint density at radius 1 is 1.04 bits per heavy atom. The second kappa shape index (κ2) is 9.27. The number of benzene rings is 2. The molecular weight excluding hydrogens is 343 g/mol. The SMILES string of the molecule is CCCCCCOc1ccc(C(=O)Nc2cccc(C(F)(F)F)c2)cc1. The minimum absolute atomic E-state index is 0.0982. The van der Waals surface area contributed by atoms with E-state index >= 15 is 0 Å². The first-order chi connectivity index (χ1) is 12.4. The Bertz CT molecular complexity index is 712. The Morgan fingerprint density at radius 2 is 1.77 bits per heavy atom. The lowest BCUT2D eigenvalue weighted by molar-refractivity contribution is -0.137. The van der Waals surface area contributed by atoms with Gasteiger partial charge in [0.05, 0.1) is 12.2 Å². The van der Waals surface area contributed by atoms with Crippen molar-refractivity contribution in [1.29, 1.82) is 0 Å². The molecule has 0 aliphatic rings. The van der Waals surface area contributed by atoms with E-state index in [1.807, 2.05) is 0 Å². The van der Waals surface area contributed by atoms with Gasteiger partial charge in [-0.15, -0.1) is 0 Å². The molecule has 26 heavy (non-hydrogen) atoms. The predicted molar refractivity (Wildman–Crippen MR) is 95.5 cm³/mol. The molecule has 140 valence electrons. The van der Waals surface area contributed by atoms with Crippen molar-refractivity contribution >= 4 is 11.6 Å². The molecule has 0 radical (unpaired) electrons. The molecule has 0 unspecified atom stereocenters. The Kier molecular flexibility index (Phi) is 7.06. The minimum Gasteiger partial charge on any atom is -0.494 e. The van der Waals surface area contributed by atoms with Crippen LogP contribution in [0.2, 0.25) is 0 Å². The molecular formula is C20H22F3NO2. The lowest BCUT2D eigenvalue weighted by atomic mass is 10.1. The van der Waals surface area contributed by atoms with Gasteiger partial charge in [-0.2, -0.15) is 13.2 Å². The van der Waals surface area contributed by atoms with Gasteiger partial charge in [0.1, 0.15) is 5.75 Å². The summed E-state index contributed by atoms with van der Waals surface area (Å²) in [6.07, 6.45) is -0.00977. The zero-order chi connectivity index (χ0) is 19.0. The fraction of sp³-hybridized carbons (Fsp3) is 0.350. The maximum Gasteiger partial charge on any atom is 0.416 e. The molecule has 0 aromatic heterocycles. The number of hydrogen-bond acceptors (Lipinski definition) is 2. The first-order valence-electron chi connectivity index (χ1n) is 8.61. The van der Waals surface area contributed by atoms with E-state index in [1.165, 1.54) is 18.6 Å². The van der Waals surface area contributed by atoms with E-state index in [4.69, 9.17) is 4.74 Å². The summed E-state index contributed by atoms with van der Waals surface area (Å²) in [4.78, 5) is 12.2. The molecule has 0 atom stereocenters. The number of rotatable bonds is 8. The molecule has 0 heterocycles. The third-order valence-electron chi connectivity index (χ3n) is 3.83. The van der Waals surface area contributed by atoms with Crippen LogP contribution >= 0.6 is 0 Å². The van der Waals surface area contributed by atoms with Gasteiger partial charge in [0.25, 0.3) is 5.91 Å². The molecule has 0 fully saturated rings. The van der Waals surface area contributed by atoms with Crippen LogP contribution in [-0.2, 0) is 6.18 Å². The number of carbonyl (C=O) groups is 1. The molecule has 0 saturated heterocycles. The van der Waals surface area contributed by atoms with E-state index in [2.05, 4.69) is 12.2 Å². The minimum atomic E-state index is -4.45. The molecule has 1 N–H and O–H groups in total. The molecule has 1 amide bonds. The third-order valence-corrected chi connectivity index (χ3v) is 3.83. The standard InChI is InChI=1S/C20H22F3NO2/c1-2-3-4-5-13-26-18-11-9-15(10-12-18)19(25)24-17-8-6-7-16(14-17)20(21,22)23/h6-12,14H,2-5,13H2,1H3,(H,24,25). The largest absolute Gasteiger partial charge is 0.494 e. The van der Waals surface area contributed by atoms with E-state index in [-0.39, 0.29) is 5.69 Å². The number of nitrogens with one attached hydrogen (secondary N) is 1. The van der Waals surface area contributed by atoms with Crippen molar-refractivity contribution in [3.8, 4) is 5.75 Å². The third kappa shape index (κ3) is 6.10. The first-order valence-corrected chi connectivity index (χ1v) is 8.61. The van der Waals surface area contributed by atoms with Crippen LogP contribution in [-0.4, -0.2) is 12.5 Å². The second-order valence-electron chi connectivity index (χ2n) is 5.97. The molecule has 3 nitrogen and oxygen atoms in total. The van der Waals surface area contributed by atoms with Gasteiger partial charge in [-0.25, -0.2) is 0 Å². The van der Waals surface area contributed by atoms with Gasteiger partial charge < -0.3 is 10.1 Å². The fourth-order valence-corrected chi connectivity index (χ4v) is 2.40. The normalized spacial score (nSPS) is 11.2. The van der Waals surface area contributed by atoms with Gasteiger partial charge >= 0.3 is 6.18 Å². The van der Waals surface area contributed by atoms with Gasteiger partial charge in [0.2, 0.25) is 0 Å². The number of hydrogen-bond donors (Lipinski definition) is 1. The average Bonchev–Trinajstić information content (AvgIpc) is 2.61. The van der Waals surface area contributed by atoms with E-state index in [9.17, 15) is 18.0 Å². The topological polar surface area (TPSA) is 38.3 Å². The maximum atomic E-state index is 12.7. The lowest BCUT2D eigenvalue weighted by Gasteiger charge is -2.10. The van der Waals surface area contributed by atoms with Gasteiger partial charge in [-0.1, -0.05) is 32.3 Å². The summed E-state index contributed by atoms with van der Waals surface area (Å²) in [7, 11) is 0. The molecule has 0 bridgehead atoms. The number of carbonyl (C=O) groups excluding carboxylic acids is 1. The summed E-state index contributed by atoms with van der Waals surface area (Å²) >= 11 is 0. The van der Waals surface area contributed by atoms with Crippen LogP contribution in [0.3, 0.4) is 0 Å². The second-order valence-corrected chi connectivity index (χ2v) is 5.97.